The van der Waals surface area contributed by atoms with Crippen LogP contribution in [0.25, 0.3) is 94.6 Å². The Hall–Kier alpha value is -6.98. The molecule has 5 nitrogen and oxygen atoms in total. The summed E-state index contributed by atoms with van der Waals surface area (Å²) in [5, 5.41) is 5.86. The van der Waals surface area contributed by atoms with Crippen molar-refractivity contribution in [2.24, 2.45) is 0 Å². The van der Waals surface area contributed by atoms with Crippen molar-refractivity contribution < 1.29 is 0 Å². The lowest BCUT2D eigenvalue weighted by molar-refractivity contribution is 1.07. The maximum Gasteiger partial charge on any atom is 0.164 e. The summed E-state index contributed by atoms with van der Waals surface area (Å²) in [7, 11) is 0. The summed E-state index contributed by atoms with van der Waals surface area (Å²) in [6, 6.07) is 60.9. The van der Waals surface area contributed by atoms with Crippen molar-refractivity contribution >= 4 is 43.5 Å². The van der Waals surface area contributed by atoms with Crippen LogP contribution in [0.1, 0.15) is 0 Å². The van der Waals surface area contributed by atoms with Crippen LogP contribution in [0.4, 0.5) is 0 Å². The Balaban J connectivity index is 1.21. The molecule has 0 N–H and O–H groups in total. The zero-order valence-electron chi connectivity index (χ0n) is 27.5. The summed E-state index contributed by atoms with van der Waals surface area (Å²) in [6.07, 6.45) is 0. The van der Waals surface area contributed by atoms with Gasteiger partial charge in [0.2, 0.25) is 0 Å². The SMILES string of the molecule is c1ccc(-c2nc(-c3ccccc3)nc(-c3ccc(-n4c5ccccc5c5c6ccc7ccccc7c6nc(-c6ccccc6)c54)cc3)n2)cc1. The normalized spacial score (nSPS) is 11.5. The highest BCUT2D eigenvalue weighted by Gasteiger charge is 2.22. The van der Waals surface area contributed by atoms with E-state index in [-0.39, 0.29) is 0 Å². The molecule has 0 fully saturated rings. The van der Waals surface area contributed by atoms with Crippen LogP contribution in [-0.4, -0.2) is 24.5 Å². The minimum atomic E-state index is 0.626. The number of pyridine rings is 1. The number of aromatic nitrogens is 5. The maximum absolute atomic E-state index is 5.48. The number of nitrogens with zero attached hydrogens (tertiary/aromatic N) is 5. The van der Waals surface area contributed by atoms with Crippen LogP contribution in [0.3, 0.4) is 0 Å². The summed E-state index contributed by atoms with van der Waals surface area (Å²) in [4.78, 5) is 20.3. The van der Waals surface area contributed by atoms with Gasteiger partial charge in [0.25, 0.3) is 0 Å². The number of benzene rings is 7. The number of hydrogen-bond donors (Lipinski definition) is 0. The molecule has 0 aliphatic rings. The zero-order chi connectivity index (χ0) is 33.7. The minimum absolute atomic E-state index is 0.626. The van der Waals surface area contributed by atoms with Crippen LogP contribution in [0.2, 0.25) is 0 Å². The Morgan fingerprint density at radius 2 is 0.863 bits per heavy atom. The molecule has 0 saturated carbocycles. The fourth-order valence-corrected chi connectivity index (χ4v) is 7.24. The van der Waals surface area contributed by atoms with Gasteiger partial charge in [-0.15, -0.1) is 0 Å². The molecule has 51 heavy (non-hydrogen) atoms. The third kappa shape index (κ3) is 4.86. The quantitative estimate of drug-likeness (QED) is 0.174. The first kappa shape index (κ1) is 29.0. The van der Waals surface area contributed by atoms with E-state index in [2.05, 4.69) is 120 Å². The fourth-order valence-electron chi connectivity index (χ4n) is 7.24. The van der Waals surface area contributed by atoms with Crippen LogP contribution in [0, 0.1) is 0 Å². The van der Waals surface area contributed by atoms with Gasteiger partial charge in [-0.3, -0.25) is 0 Å². The van der Waals surface area contributed by atoms with Gasteiger partial charge in [-0.05, 0) is 35.7 Å². The molecule has 0 saturated heterocycles. The van der Waals surface area contributed by atoms with E-state index in [1.807, 2.05) is 60.7 Å². The molecule has 0 aliphatic carbocycles. The second-order valence-electron chi connectivity index (χ2n) is 12.7. The Labute approximate surface area is 294 Å². The zero-order valence-corrected chi connectivity index (χ0v) is 27.5. The summed E-state index contributed by atoms with van der Waals surface area (Å²) < 4.78 is 2.36. The minimum Gasteiger partial charge on any atom is -0.307 e. The number of hydrogen-bond acceptors (Lipinski definition) is 4. The summed E-state index contributed by atoms with van der Waals surface area (Å²) in [5.74, 6) is 1.91. The van der Waals surface area contributed by atoms with E-state index in [0.717, 1.165) is 61.0 Å². The van der Waals surface area contributed by atoms with Crippen LogP contribution in [0.15, 0.2) is 176 Å². The highest BCUT2D eigenvalue weighted by molar-refractivity contribution is 6.26. The molecule has 238 valence electrons. The number of para-hydroxylation sites is 1. The van der Waals surface area contributed by atoms with Gasteiger partial charge in [-0.2, -0.15) is 0 Å². The van der Waals surface area contributed by atoms with Crippen LogP contribution in [-0.2, 0) is 0 Å². The molecule has 5 heteroatoms. The van der Waals surface area contributed by atoms with Crippen molar-refractivity contribution in [2.45, 2.75) is 0 Å². The average molecular weight is 652 g/mol. The second-order valence-corrected chi connectivity index (χ2v) is 12.7. The van der Waals surface area contributed by atoms with Crippen molar-refractivity contribution in [2.75, 3.05) is 0 Å². The van der Waals surface area contributed by atoms with Crippen LogP contribution < -0.4 is 0 Å². The molecule has 3 heterocycles. The van der Waals surface area contributed by atoms with Gasteiger partial charge in [0, 0.05) is 49.5 Å². The first-order valence-electron chi connectivity index (χ1n) is 17.1. The topological polar surface area (TPSA) is 56.5 Å². The lowest BCUT2D eigenvalue weighted by atomic mass is 9.99. The van der Waals surface area contributed by atoms with E-state index in [1.165, 1.54) is 16.2 Å². The molecule has 0 aliphatic heterocycles. The van der Waals surface area contributed by atoms with Gasteiger partial charge in [0.05, 0.1) is 22.2 Å². The molecule has 0 bridgehead atoms. The Kier molecular flexibility index (Phi) is 6.74. The number of rotatable bonds is 5. The molecule has 10 rings (SSSR count). The average Bonchev–Trinajstić information content (AvgIpc) is 3.57. The van der Waals surface area contributed by atoms with Gasteiger partial charge >= 0.3 is 0 Å². The van der Waals surface area contributed by atoms with E-state index in [9.17, 15) is 0 Å². The standard InChI is InChI=1S/C46H29N5/c1-4-15-31(16-5-1)41-43-40(38-29-26-30-14-10-11-21-36(30)42(38)47-41)37-22-12-13-23-39(37)51(43)35-27-24-34(25-28-35)46-49-44(32-17-6-2-7-18-32)48-45(50-46)33-19-8-3-9-20-33/h1-29H. The van der Waals surface area contributed by atoms with Crippen molar-refractivity contribution in [1.82, 2.24) is 24.5 Å². The van der Waals surface area contributed by atoms with Gasteiger partial charge < -0.3 is 4.57 Å². The summed E-state index contributed by atoms with van der Waals surface area (Å²) in [6.45, 7) is 0. The fraction of sp³-hybridized carbons (Fsp3) is 0. The van der Waals surface area contributed by atoms with E-state index in [1.54, 1.807) is 0 Å². The molecular weight excluding hydrogens is 623 g/mol. The van der Waals surface area contributed by atoms with E-state index in [4.69, 9.17) is 19.9 Å². The van der Waals surface area contributed by atoms with Crippen LogP contribution in [0.5, 0.6) is 0 Å². The first-order valence-corrected chi connectivity index (χ1v) is 17.1. The molecule has 3 aromatic heterocycles. The third-order valence-electron chi connectivity index (χ3n) is 9.62. The van der Waals surface area contributed by atoms with Crippen molar-refractivity contribution in [3.05, 3.63) is 176 Å². The molecule has 0 atom stereocenters. The molecule has 0 radical (unpaired) electrons. The molecule has 0 amide bonds. The highest BCUT2D eigenvalue weighted by Crippen LogP contribution is 2.42. The smallest absolute Gasteiger partial charge is 0.164 e. The van der Waals surface area contributed by atoms with Crippen molar-refractivity contribution in [1.29, 1.82) is 0 Å². The third-order valence-corrected chi connectivity index (χ3v) is 9.62. The molecular formula is C46H29N5. The predicted octanol–water partition coefficient (Wildman–Crippen LogP) is 11.3. The highest BCUT2D eigenvalue weighted by atomic mass is 15.0. The summed E-state index contributed by atoms with van der Waals surface area (Å²) >= 11 is 0. The Bertz CT molecular complexity index is 2820. The van der Waals surface area contributed by atoms with Crippen molar-refractivity contribution in [3.8, 4) is 51.1 Å². The second kappa shape index (κ2) is 11.9. The lowest BCUT2D eigenvalue weighted by Gasteiger charge is -2.14. The van der Waals surface area contributed by atoms with Gasteiger partial charge in [-0.1, -0.05) is 146 Å². The van der Waals surface area contributed by atoms with Crippen molar-refractivity contribution in [3.63, 3.8) is 0 Å². The first-order chi connectivity index (χ1) is 25.3. The van der Waals surface area contributed by atoms with Gasteiger partial charge in [0.1, 0.15) is 0 Å². The monoisotopic (exact) mass is 651 g/mol. The van der Waals surface area contributed by atoms with E-state index in [0.29, 0.717) is 17.5 Å². The largest absolute Gasteiger partial charge is 0.307 e. The molecule has 10 aromatic rings. The Morgan fingerprint density at radius 1 is 0.353 bits per heavy atom. The predicted molar refractivity (Wildman–Crippen MR) is 209 cm³/mol. The van der Waals surface area contributed by atoms with E-state index >= 15 is 0 Å². The van der Waals surface area contributed by atoms with Crippen LogP contribution >= 0.6 is 0 Å². The number of fused-ring (bicyclic) bond motifs is 7. The van der Waals surface area contributed by atoms with Gasteiger partial charge in [-0.25, -0.2) is 19.9 Å². The van der Waals surface area contributed by atoms with E-state index < -0.39 is 0 Å². The Morgan fingerprint density at radius 3 is 1.49 bits per heavy atom. The van der Waals surface area contributed by atoms with Gasteiger partial charge in [0.15, 0.2) is 17.5 Å². The molecule has 0 unspecified atom stereocenters. The molecule has 7 aromatic carbocycles. The maximum atomic E-state index is 5.48. The molecule has 0 spiro atoms. The lowest BCUT2D eigenvalue weighted by Crippen LogP contribution is -2.01. The summed E-state index contributed by atoms with van der Waals surface area (Å²) in [5.41, 5.74) is 9.07.